The molecule has 0 radical (unpaired) electrons. The van der Waals surface area contributed by atoms with E-state index in [4.69, 9.17) is 22.7 Å². The SMILES string of the molecule is Cc1cc(Oc2ccc(C(N)=S)cn2)n[nH]1. The van der Waals surface area contributed by atoms with Gasteiger partial charge in [-0.2, -0.15) is 0 Å². The maximum atomic E-state index is 5.45. The summed E-state index contributed by atoms with van der Waals surface area (Å²) in [6.45, 7) is 1.89. The van der Waals surface area contributed by atoms with Crippen LogP contribution in [-0.2, 0) is 0 Å². The van der Waals surface area contributed by atoms with Crippen LogP contribution < -0.4 is 10.5 Å². The van der Waals surface area contributed by atoms with Gasteiger partial charge in [0.15, 0.2) is 0 Å². The highest BCUT2D eigenvalue weighted by Gasteiger charge is 2.03. The zero-order valence-electron chi connectivity index (χ0n) is 8.60. The van der Waals surface area contributed by atoms with E-state index in [0.717, 1.165) is 5.69 Å². The first-order chi connectivity index (χ1) is 7.65. The van der Waals surface area contributed by atoms with Crippen LogP contribution in [0.5, 0.6) is 11.8 Å². The second-order valence-corrected chi connectivity index (χ2v) is 3.68. The first kappa shape index (κ1) is 10.6. The van der Waals surface area contributed by atoms with Gasteiger partial charge < -0.3 is 10.5 Å². The topological polar surface area (TPSA) is 76.8 Å². The fourth-order valence-corrected chi connectivity index (χ4v) is 1.26. The molecule has 82 valence electrons. The van der Waals surface area contributed by atoms with E-state index in [1.807, 2.05) is 6.92 Å². The molecular formula is C10H10N4OS. The summed E-state index contributed by atoms with van der Waals surface area (Å²) in [6, 6.07) is 5.23. The van der Waals surface area contributed by atoms with Crippen molar-refractivity contribution >= 4 is 17.2 Å². The van der Waals surface area contributed by atoms with Crippen LogP contribution in [0.2, 0.25) is 0 Å². The molecule has 5 nitrogen and oxygen atoms in total. The minimum atomic E-state index is 0.315. The van der Waals surface area contributed by atoms with Gasteiger partial charge in [0.05, 0.1) is 0 Å². The molecular weight excluding hydrogens is 224 g/mol. The lowest BCUT2D eigenvalue weighted by Gasteiger charge is -2.01. The van der Waals surface area contributed by atoms with Crippen molar-refractivity contribution in [2.45, 2.75) is 6.92 Å². The number of nitrogens with two attached hydrogens (primary N) is 1. The Hall–Kier alpha value is -1.95. The number of ether oxygens (including phenoxy) is 1. The van der Waals surface area contributed by atoms with Crippen molar-refractivity contribution in [1.29, 1.82) is 0 Å². The van der Waals surface area contributed by atoms with Crippen LogP contribution in [0.4, 0.5) is 0 Å². The third kappa shape index (κ3) is 2.34. The molecule has 6 heteroatoms. The molecule has 0 saturated heterocycles. The van der Waals surface area contributed by atoms with Crippen molar-refractivity contribution in [1.82, 2.24) is 15.2 Å². The first-order valence-corrected chi connectivity index (χ1v) is 5.02. The number of pyridine rings is 1. The van der Waals surface area contributed by atoms with E-state index in [-0.39, 0.29) is 0 Å². The fourth-order valence-electron chi connectivity index (χ4n) is 1.14. The number of hydrogen-bond donors (Lipinski definition) is 2. The molecule has 0 aromatic carbocycles. The highest BCUT2D eigenvalue weighted by Crippen LogP contribution is 2.17. The number of thiocarbonyl (C=S) groups is 1. The lowest BCUT2D eigenvalue weighted by Crippen LogP contribution is -2.09. The molecule has 3 N–H and O–H groups in total. The predicted molar refractivity (Wildman–Crippen MR) is 63.5 cm³/mol. The predicted octanol–water partition coefficient (Wildman–Crippen LogP) is 1.54. The van der Waals surface area contributed by atoms with Gasteiger partial charge in [-0.15, -0.1) is 5.10 Å². The van der Waals surface area contributed by atoms with Crippen molar-refractivity contribution in [2.24, 2.45) is 5.73 Å². The summed E-state index contributed by atoms with van der Waals surface area (Å²) in [6.07, 6.45) is 1.57. The van der Waals surface area contributed by atoms with Crippen LogP contribution in [-0.4, -0.2) is 20.2 Å². The average molecular weight is 234 g/mol. The smallest absolute Gasteiger partial charge is 0.240 e. The summed E-state index contributed by atoms with van der Waals surface area (Å²) in [5, 5.41) is 6.71. The van der Waals surface area contributed by atoms with Crippen LogP contribution in [0.15, 0.2) is 24.4 Å². The maximum absolute atomic E-state index is 5.45. The molecule has 0 amide bonds. The monoisotopic (exact) mass is 234 g/mol. The lowest BCUT2D eigenvalue weighted by molar-refractivity contribution is 0.443. The van der Waals surface area contributed by atoms with E-state index in [0.29, 0.717) is 22.3 Å². The van der Waals surface area contributed by atoms with Gasteiger partial charge in [0.25, 0.3) is 0 Å². The molecule has 2 rings (SSSR count). The number of rotatable bonds is 3. The first-order valence-electron chi connectivity index (χ1n) is 4.61. The summed E-state index contributed by atoms with van der Waals surface area (Å²) in [4.78, 5) is 4.38. The zero-order valence-corrected chi connectivity index (χ0v) is 9.41. The Balaban J connectivity index is 2.14. The number of aryl methyl sites for hydroxylation is 1. The molecule has 0 spiro atoms. The van der Waals surface area contributed by atoms with Crippen LogP contribution >= 0.6 is 12.2 Å². The average Bonchev–Trinajstić information content (AvgIpc) is 2.65. The Morgan fingerprint density at radius 2 is 2.25 bits per heavy atom. The van der Waals surface area contributed by atoms with Crippen molar-refractivity contribution in [3.8, 4) is 11.8 Å². The summed E-state index contributed by atoms with van der Waals surface area (Å²) < 4.78 is 5.40. The van der Waals surface area contributed by atoms with Crippen LogP contribution in [0.25, 0.3) is 0 Å². The molecule has 0 unspecified atom stereocenters. The highest BCUT2D eigenvalue weighted by molar-refractivity contribution is 7.80. The number of aromatic nitrogens is 3. The number of aromatic amines is 1. The van der Waals surface area contributed by atoms with Gasteiger partial charge >= 0.3 is 0 Å². The fraction of sp³-hybridized carbons (Fsp3) is 0.100. The quantitative estimate of drug-likeness (QED) is 0.788. The van der Waals surface area contributed by atoms with E-state index in [2.05, 4.69) is 15.2 Å². The molecule has 0 saturated carbocycles. The molecule has 2 heterocycles. The molecule has 2 aromatic heterocycles. The van der Waals surface area contributed by atoms with Crippen molar-refractivity contribution in [3.05, 3.63) is 35.7 Å². The normalized spacial score (nSPS) is 10.1. The van der Waals surface area contributed by atoms with E-state index in [1.54, 1.807) is 24.4 Å². The summed E-state index contributed by atoms with van der Waals surface area (Å²) in [7, 11) is 0. The summed E-state index contributed by atoms with van der Waals surface area (Å²) in [5.41, 5.74) is 7.09. The number of nitrogens with one attached hydrogen (secondary N) is 1. The molecule has 0 aliphatic heterocycles. The molecule has 0 bridgehead atoms. The Labute approximate surface area is 97.6 Å². The zero-order chi connectivity index (χ0) is 11.5. The summed E-state index contributed by atoms with van der Waals surface area (Å²) in [5.74, 6) is 0.930. The van der Waals surface area contributed by atoms with E-state index < -0.39 is 0 Å². The van der Waals surface area contributed by atoms with Crippen molar-refractivity contribution in [3.63, 3.8) is 0 Å². The number of hydrogen-bond acceptors (Lipinski definition) is 4. The molecule has 0 aliphatic carbocycles. The Morgan fingerprint density at radius 3 is 2.75 bits per heavy atom. The number of nitrogens with zero attached hydrogens (tertiary/aromatic N) is 2. The van der Waals surface area contributed by atoms with Crippen LogP contribution in [0, 0.1) is 6.92 Å². The second-order valence-electron chi connectivity index (χ2n) is 3.24. The van der Waals surface area contributed by atoms with Crippen LogP contribution in [0.1, 0.15) is 11.3 Å². The van der Waals surface area contributed by atoms with Gasteiger partial charge in [0, 0.05) is 29.6 Å². The minimum Gasteiger partial charge on any atom is -0.419 e. The van der Waals surface area contributed by atoms with Gasteiger partial charge in [0.1, 0.15) is 4.99 Å². The molecule has 2 aromatic rings. The lowest BCUT2D eigenvalue weighted by atomic mass is 10.3. The Kier molecular flexibility index (Phi) is 2.82. The van der Waals surface area contributed by atoms with Gasteiger partial charge in [-0.1, -0.05) is 12.2 Å². The van der Waals surface area contributed by atoms with Crippen molar-refractivity contribution in [2.75, 3.05) is 0 Å². The van der Waals surface area contributed by atoms with E-state index in [9.17, 15) is 0 Å². The Morgan fingerprint density at radius 1 is 1.44 bits per heavy atom. The standard InChI is InChI=1S/C10H10N4OS/c1-6-4-9(14-13-6)15-8-3-2-7(5-12-8)10(11)16/h2-5H,1H3,(H2,11,16)(H,13,14). The second kappa shape index (κ2) is 4.28. The van der Waals surface area contributed by atoms with Gasteiger partial charge in [-0.05, 0) is 13.0 Å². The Bertz CT molecular complexity index is 506. The largest absolute Gasteiger partial charge is 0.419 e. The molecule has 0 atom stereocenters. The molecule has 0 fully saturated rings. The molecule has 0 aliphatic rings. The third-order valence-electron chi connectivity index (χ3n) is 1.91. The maximum Gasteiger partial charge on any atom is 0.240 e. The van der Waals surface area contributed by atoms with Gasteiger partial charge in [-0.3, -0.25) is 5.10 Å². The number of H-pyrrole nitrogens is 1. The third-order valence-corrected chi connectivity index (χ3v) is 2.15. The van der Waals surface area contributed by atoms with E-state index >= 15 is 0 Å². The van der Waals surface area contributed by atoms with Gasteiger partial charge in [0.2, 0.25) is 11.8 Å². The molecule has 16 heavy (non-hydrogen) atoms. The summed E-state index contributed by atoms with van der Waals surface area (Å²) >= 11 is 4.82. The van der Waals surface area contributed by atoms with E-state index in [1.165, 1.54) is 0 Å². The minimum absolute atomic E-state index is 0.315. The van der Waals surface area contributed by atoms with Gasteiger partial charge in [-0.25, -0.2) is 4.98 Å². The highest BCUT2D eigenvalue weighted by atomic mass is 32.1. The van der Waals surface area contributed by atoms with Crippen molar-refractivity contribution < 1.29 is 4.74 Å². The van der Waals surface area contributed by atoms with Crippen LogP contribution in [0.3, 0.4) is 0 Å².